The molecule has 0 aliphatic carbocycles. The van der Waals surface area contributed by atoms with Crippen molar-refractivity contribution < 1.29 is 10.0 Å². The number of hydrogen-bond acceptors (Lipinski definition) is 2. The van der Waals surface area contributed by atoms with Crippen LogP contribution in [0.25, 0.3) is 0 Å². The monoisotopic (exact) mass is 166 g/mol. The van der Waals surface area contributed by atoms with Crippen LogP contribution in [0.15, 0.2) is 24.3 Å². The molecule has 0 saturated heterocycles. The Labute approximate surface area is 71.4 Å². The molecule has 0 saturated carbocycles. The summed E-state index contributed by atoms with van der Waals surface area (Å²) in [6.07, 6.45) is 0.779. The van der Waals surface area contributed by atoms with E-state index in [1.807, 2.05) is 0 Å². The van der Waals surface area contributed by atoms with E-state index in [1.165, 1.54) is 0 Å². The molecule has 1 rings (SSSR count). The highest BCUT2D eigenvalue weighted by molar-refractivity contribution is 5.75. The number of rotatable bonds is 2. The molecule has 1 aromatic rings. The van der Waals surface area contributed by atoms with Crippen LogP contribution in [-0.2, 0) is 0 Å². The fraction of sp³-hybridized carbons (Fsp3) is 0.222. The number of aldehydes is 1. The maximum atomic E-state index is 10.3. The van der Waals surface area contributed by atoms with Crippen LogP contribution in [0.2, 0.25) is 0 Å². The Morgan fingerprint density at radius 1 is 1.25 bits per heavy atom. The lowest BCUT2D eigenvalue weighted by molar-refractivity contribution is -0.0283. The van der Waals surface area contributed by atoms with Gasteiger partial charge in [-0.25, -0.2) is 5.21 Å². The Morgan fingerprint density at radius 3 is 2.08 bits per heavy atom. The van der Waals surface area contributed by atoms with Crippen molar-refractivity contribution in [3.05, 3.63) is 29.8 Å². The van der Waals surface area contributed by atoms with Gasteiger partial charge in [-0.05, 0) is 12.1 Å². The quantitative estimate of drug-likeness (QED) is 0.410. The van der Waals surface area contributed by atoms with Crippen LogP contribution in [-0.4, -0.2) is 25.6 Å². The van der Waals surface area contributed by atoms with Crippen molar-refractivity contribution in [2.45, 2.75) is 0 Å². The Bertz CT molecular complexity index is 272. The lowest BCUT2D eigenvalue weighted by atomic mass is 10.2. The molecule has 0 spiro atoms. The van der Waals surface area contributed by atoms with Gasteiger partial charge in [-0.15, -0.1) is 0 Å². The van der Waals surface area contributed by atoms with Crippen LogP contribution in [0.5, 0.6) is 0 Å². The summed E-state index contributed by atoms with van der Waals surface area (Å²) in [5.41, 5.74) is 1.37. The minimum Gasteiger partial charge on any atom is -0.298 e. The van der Waals surface area contributed by atoms with Crippen molar-refractivity contribution in [3.63, 3.8) is 0 Å². The fourth-order valence-corrected chi connectivity index (χ4v) is 0.918. The molecule has 0 atom stereocenters. The molecule has 0 aromatic heterocycles. The molecule has 0 unspecified atom stereocenters. The third-order valence-electron chi connectivity index (χ3n) is 1.66. The number of hydroxylamine groups is 2. The summed E-state index contributed by atoms with van der Waals surface area (Å²) in [6.45, 7) is 0. The van der Waals surface area contributed by atoms with Crippen molar-refractivity contribution in [1.29, 1.82) is 0 Å². The van der Waals surface area contributed by atoms with Gasteiger partial charge in [0.2, 0.25) is 0 Å². The second kappa shape index (κ2) is 3.05. The van der Waals surface area contributed by atoms with E-state index in [0.29, 0.717) is 5.56 Å². The van der Waals surface area contributed by atoms with Gasteiger partial charge in [0.15, 0.2) is 5.69 Å². The second-order valence-electron chi connectivity index (χ2n) is 3.10. The molecular formula is C9H12NO2+. The highest BCUT2D eigenvalue weighted by Crippen LogP contribution is 2.15. The summed E-state index contributed by atoms with van der Waals surface area (Å²) in [5, 5.41) is 9.50. The van der Waals surface area contributed by atoms with E-state index in [-0.39, 0.29) is 4.65 Å². The average molecular weight is 166 g/mol. The predicted octanol–water partition coefficient (Wildman–Crippen LogP) is 1.46. The largest absolute Gasteiger partial charge is 0.298 e. The molecule has 0 aliphatic rings. The SMILES string of the molecule is C[N+](C)(O)c1ccc(C=O)cc1. The molecule has 64 valence electrons. The second-order valence-corrected chi connectivity index (χ2v) is 3.10. The van der Waals surface area contributed by atoms with Crippen molar-refractivity contribution in [2.75, 3.05) is 14.1 Å². The molecule has 0 aliphatic heterocycles. The Kier molecular flexibility index (Phi) is 2.26. The van der Waals surface area contributed by atoms with E-state index >= 15 is 0 Å². The Balaban J connectivity index is 3.00. The van der Waals surface area contributed by atoms with Crippen molar-refractivity contribution in [3.8, 4) is 0 Å². The Morgan fingerprint density at radius 2 is 1.75 bits per heavy atom. The third-order valence-corrected chi connectivity index (χ3v) is 1.66. The number of quaternary nitrogens is 1. The summed E-state index contributed by atoms with van der Waals surface area (Å²) in [7, 11) is 3.30. The number of carbonyl (C=O) groups is 1. The number of carbonyl (C=O) groups excluding carboxylic acids is 1. The van der Waals surface area contributed by atoms with Crippen LogP contribution in [0, 0.1) is 0 Å². The van der Waals surface area contributed by atoms with Gasteiger partial charge < -0.3 is 0 Å². The van der Waals surface area contributed by atoms with Gasteiger partial charge in [0.25, 0.3) is 0 Å². The molecule has 0 heterocycles. The van der Waals surface area contributed by atoms with E-state index in [9.17, 15) is 10.0 Å². The summed E-state index contributed by atoms with van der Waals surface area (Å²) >= 11 is 0. The first-order valence-corrected chi connectivity index (χ1v) is 3.66. The topological polar surface area (TPSA) is 37.3 Å². The maximum absolute atomic E-state index is 10.3. The normalized spacial score (nSPS) is 11.2. The number of hydrogen-bond donors (Lipinski definition) is 1. The van der Waals surface area contributed by atoms with E-state index in [2.05, 4.69) is 0 Å². The molecule has 1 N–H and O–H groups in total. The molecule has 1 aromatic carbocycles. The predicted molar refractivity (Wildman–Crippen MR) is 47.3 cm³/mol. The first-order valence-electron chi connectivity index (χ1n) is 3.66. The average Bonchev–Trinajstić information content (AvgIpc) is 2.03. The van der Waals surface area contributed by atoms with E-state index in [4.69, 9.17) is 0 Å². The van der Waals surface area contributed by atoms with Crippen LogP contribution in [0.4, 0.5) is 5.69 Å². The molecule has 3 heteroatoms. The van der Waals surface area contributed by atoms with Gasteiger partial charge in [-0.3, -0.25) is 4.79 Å². The Hall–Kier alpha value is -1.19. The zero-order chi connectivity index (χ0) is 9.19. The highest BCUT2D eigenvalue weighted by Gasteiger charge is 2.14. The zero-order valence-corrected chi connectivity index (χ0v) is 7.19. The maximum Gasteiger partial charge on any atom is 0.164 e. The van der Waals surface area contributed by atoms with E-state index < -0.39 is 0 Å². The summed E-state index contributed by atoms with van der Waals surface area (Å²) in [6, 6.07) is 6.81. The van der Waals surface area contributed by atoms with Crippen LogP contribution >= 0.6 is 0 Å². The summed E-state index contributed by atoms with van der Waals surface area (Å²) in [5.74, 6) is 0. The smallest absolute Gasteiger partial charge is 0.164 e. The first kappa shape index (κ1) is 8.90. The van der Waals surface area contributed by atoms with Crippen LogP contribution in [0.3, 0.4) is 0 Å². The number of nitrogens with zero attached hydrogens (tertiary/aromatic N) is 1. The molecule has 3 nitrogen and oxygen atoms in total. The highest BCUT2D eigenvalue weighted by atomic mass is 16.5. The van der Waals surface area contributed by atoms with Crippen molar-refractivity contribution in [1.82, 2.24) is 4.65 Å². The van der Waals surface area contributed by atoms with Gasteiger partial charge >= 0.3 is 0 Å². The van der Waals surface area contributed by atoms with Crippen molar-refractivity contribution >= 4 is 12.0 Å². The molecule has 0 radical (unpaired) electrons. The minimum atomic E-state index is -0.223. The van der Waals surface area contributed by atoms with Crippen LogP contribution in [0.1, 0.15) is 10.4 Å². The van der Waals surface area contributed by atoms with Gasteiger partial charge in [0.1, 0.15) is 20.4 Å². The van der Waals surface area contributed by atoms with Gasteiger partial charge in [-0.1, -0.05) is 0 Å². The van der Waals surface area contributed by atoms with Gasteiger partial charge in [0, 0.05) is 17.7 Å². The standard InChI is InChI=1S/C9H12NO2/c1-10(2,12)9-5-3-8(7-11)4-6-9/h3-7,12H,1-2H3/q+1. The molecular weight excluding hydrogens is 154 g/mol. The molecule has 12 heavy (non-hydrogen) atoms. The molecule has 0 fully saturated rings. The minimum absolute atomic E-state index is 0.223. The number of benzene rings is 1. The van der Waals surface area contributed by atoms with E-state index in [0.717, 1.165) is 12.0 Å². The van der Waals surface area contributed by atoms with Gasteiger partial charge in [-0.2, -0.15) is 4.65 Å². The lowest BCUT2D eigenvalue weighted by Crippen LogP contribution is -2.35. The summed E-state index contributed by atoms with van der Waals surface area (Å²) < 4.78 is -0.223. The van der Waals surface area contributed by atoms with Crippen LogP contribution < -0.4 is 4.65 Å². The molecule has 0 bridgehead atoms. The molecule has 0 amide bonds. The zero-order valence-electron chi connectivity index (χ0n) is 7.19. The van der Waals surface area contributed by atoms with E-state index in [1.54, 1.807) is 38.4 Å². The third kappa shape index (κ3) is 1.90. The van der Waals surface area contributed by atoms with Gasteiger partial charge in [0.05, 0.1) is 0 Å². The first-order chi connectivity index (χ1) is 5.54. The van der Waals surface area contributed by atoms with Crippen molar-refractivity contribution in [2.24, 2.45) is 0 Å². The fourth-order valence-electron chi connectivity index (χ4n) is 0.918. The summed E-state index contributed by atoms with van der Waals surface area (Å²) in [4.78, 5) is 10.3. The lowest BCUT2D eigenvalue weighted by Gasteiger charge is -2.18.